The quantitative estimate of drug-likeness (QED) is 0.901. The lowest BCUT2D eigenvalue weighted by molar-refractivity contribution is 0.485. The molecule has 1 aromatic carbocycles. The molecule has 0 aliphatic rings. The van der Waals surface area contributed by atoms with E-state index in [1.54, 1.807) is 11.3 Å². The first kappa shape index (κ1) is 14.2. The predicted octanol–water partition coefficient (Wildman–Crippen LogP) is 4.31. The molecule has 2 nitrogen and oxygen atoms in total. The molecule has 1 unspecified atom stereocenters. The van der Waals surface area contributed by atoms with Crippen LogP contribution >= 0.6 is 11.3 Å². The van der Waals surface area contributed by atoms with Gasteiger partial charge in [0.05, 0.1) is 10.7 Å². The summed E-state index contributed by atoms with van der Waals surface area (Å²) in [5.74, 6) is -0.199. The van der Waals surface area contributed by atoms with Gasteiger partial charge >= 0.3 is 0 Å². The number of aromatic nitrogens is 1. The second-order valence-corrected chi connectivity index (χ2v) is 6.24. The van der Waals surface area contributed by atoms with Crippen LogP contribution in [0.15, 0.2) is 24.3 Å². The molecule has 102 valence electrons. The number of hydrogen-bond acceptors (Lipinski definition) is 3. The summed E-state index contributed by atoms with van der Waals surface area (Å²) in [6.07, 6.45) is 0. The van der Waals surface area contributed by atoms with Crippen molar-refractivity contribution in [2.75, 3.05) is 0 Å². The molecule has 0 spiro atoms. The maximum absolute atomic E-state index is 12.9. The summed E-state index contributed by atoms with van der Waals surface area (Å²) < 4.78 is 12.9. The van der Waals surface area contributed by atoms with Gasteiger partial charge in [0.25, 0.3) is 0 Å². The molecule has 0 saturated heterocycles. The van der Waals surface area contributed by atoms with E-state index in [0.717, 1.165) is 16.3 Å². The van der Waals surface area contributed by atoms with E-state index in [1.807, 2.05) is 19.1 Å². The second kappa shape index (κ2) is 5.80. The fraction of sp³-hybridized carbons (Fsp3) is 0.400. The van der Waals surface area contributed by atoms with Crippen molar-refractivity contribution in [2.45, 2.75) is 39.8 Å². The number of hydrogen-bond donors (Lipinski definition) is 1. The first-order chi connectivity index (χ1) is 8.97. The van der Waals surface area contributed by atoms with Gasteiger partial charge in [-0.05, 0) is 45.4 Å². The van der Waals surface area contributed by atoms with Crippen molar-refractivity contribution in [1.29, 1.82) is 0 Å². The summed E-state index contributed by atoms with van der Waals surface area (Å²) in [6, 6.07) is 6.98. The molecule has 0 fully saturated rings. The fourth-order valence-electron chi connectivity index (χ4n) is 2.25. The number of benzene rings is 1. The van der Waals surface area contributed by atoms with Gasteiger partial charge in [-0.25, -0.2) is 9.37 Å². The van der Waals surface area contributed by atoms with Crippen LogP contribution in [0.3, 0.4) is 0 Å². The average Bonchev–Trinajstić information content (AvgIpc) is 2.69. The molecule has 2 aromatic rings. The average molecular weight is 278 g/mol. The Bertz CT molecular complexity index is 548. The molecule has 19 heavy (non-hydrogen) atoms. The van der Waals surface area contributed by atoms with E-state index in [0.29, 0.717) is 0 Å². The highest BCUT2D eigenvalue weighted by Gasteiger charge is 2.16. The molecular formula is C15H19FN2S. The highest BCUT2D eigenvalue weighted by atomic mass is 32.1. The number of aryl methyl sites for hydroxylation is 2. The predicted molar refractivity (Wildman–Crippen MR) is 78.0 cm³/mol. The zero-order valence-corrected chi connectivity index (χ0v) is 12.5. The lowest BCUT2D eigenvalue weighted by atomic mass is 10.1. The summed E-state index contributed by atoms with van der Waals surface area (Å²) in [7, 11) is 0. The first-order valence-electron chi connectivity index (χ1n) is 6.43. The molecule has 1 N–H and O–H groups in total. The van der Waals surface area contributed by atoms with E-state index >= 15 is 0 Å². The number of thiazole rings is 1. The molecule has 2 rings (SSSR count). The summed E-state index contributed by atoms with van der Waals surface area (Å²) >= 11 is 1.72. The molecule has 0 aliphatic heterocycles. The number of halogens is 1. The van der Waals surface area contributed by atoms with Gasteiger partial charge in [0.15, 0.2) is 0 Å². The van der Waals surface area contributed by atoms with Crippen LogP contribution in [-0.4, -0.2) is 4.98 Å². The molecule has 0 saturated carbocycles. The fourth-order valence-corrected chi connectivity index (χ4v) is 3.16. The number of nitrogens with one attached hydrogen (secondary N) is 1. The molecule has 0 radical (unpaired) electrons. The Balaban J connectivity index is 2.08. The second-order valence-electron chi connectivity index (χ2n) is 4.84. The molecule has 2 atom stereocenters. The van der Waals surface area contributed by atoms with Gasteiger partial charge in [-0.2, -0.15) is 0 Å². The SMILES string of the molecule is Cc1nc(C(C)N[C@@H](C)c2ccc(F)cc2)c(C)s1. The van der Waals surface area contributed by atoms with E-state index in [9.17, 15) is 4.39 Å². The topological polar surface area (TPSA) is 24.9 Å². The van der Waals surface area contributed by atoms with E-state index < -0.39 is 0 Å². The van der Waals surface area contributed by atoms with Gasteiger partial charge in [-0.15, -0.1) is 11.3 Å². The summed E-state index contributed by atoms with van der Waals surface area (Å²) in [5, 5.41) is 4.60. The van der Waals surface area contributed by atoms with E-state index in [-0.39, 0.29) is 17.9 Å². The Morgan fingerprint density at radius 2 is 1.74 bits per heavy atom. The van der Waals surface area contributed by atoms with Crippen molar-refractivity contribution in [3.63, 3.8) is 0 Å². The number of rotatable bonds is 4. The van der Waals surface area contributed by atoms with Gasteiger partial charge in [0, 0.05) is 17.0 Å². The van der Waals surface area contributed by atoms with Crippen molar-refractivity contribution < 1.29 is 4.39 Å². The molecule has 0 aliphatic carbocycles. The maximum atomic E-state index is 12.9. The monoisotopic (exact) mass is 278 g/mol. The van der Waals surface area contributed by atoms with Crippen molar-refractivity contribution in [2.24, 2.45) is 0 Å². The standard InChI is InChI=1S/C15H19FN2S/c1-9(13-5-7-14(16)8-6-13)17-10(2)15-11(3)19-12(4)18-15/h5-10,17H,1-4H3/t9-,10?/m0/s1. The molecular weight excluding hydrogens is 259 g/mol. The van der Waals surface area contributed by atoms with E-state index in [4.69, 9.17) is 0 Å². The van der Waals surface area contributed by atoms with Crippen molar-refractivity contribution in [3.8, 4) is 0 Å². The smallest absolute Gasteiger partial charge is 0.123 e. The van der Waals surface area contributed by atoms with Crippen LogP contribution in [0.5, 0.6) is 0 Å². The van der Waals surface area contributed by atoms with Crippen LogP contribution in [0.1, 0.15) is 47.1 Å². The van der Waals surface area contributed by atoms with Crippen molar-refractivity contribution in [3.05, 3.63) is 51.2 Å². The van der Waals surface area contributed by atoms with Gasteiger partial charge in [-0.1, -0.05) is 12.1 Å². The van der Waals surface area contributed by atoms with Crippen LogP contribution in [0.2, 0.25) is 0 Å². The Labute approximate surface area is 117 Å². The molecule has 0 bridgehead atoms. The summed E-state index contributed by atoms with van der Waals surface area (Å²) in [6.45, 7) is 8.32. The van der Waals surface area contributed by atoms with Gasteiger partial charge in [-0.3, -0.25) is 0 Å². The Hall–Kier alpha value is -1.26. The summed E-state index contributed by atoms with van der Waals surface area (Å²) in [4.78, 5) is 5.82. The zero-order valence-electron chi connectivity index (χ0n) is 11.7. The Kier molecular flexibility index (Phi) is 4.32. The molecule has 1 heterocycles. The third kappa shape index (κ3) is 3.39. The van der Waals surface area contributed by atoms with E-state index in [1.165, 1.54) is 17.0 Å². The molecule has 4 heteroatoms. The Morgan fingerprint density at radius 1 is 1.11 bits per heavy atom. The van der Waals surface area contributed by atoms with Crippen LogP contribution in [-0.2, 0) is 0 Å². The lowest BCUT2D eigenvalue weighted by Gasteiger charge is -2.19. The first-order valence-corrected chi connectivity index (χ1v) is 7.24. The lowest BCUT2D eigenvalue weighted by Crippen LogP contribution is -2.23. The van der Waals surface area contributed by atoms with Crippen LogP contribution in [0.25, 0.3) is 0 Å². The highest BCUT2D eigenvalue weighted by Crippen LogP contribution is 2.25. The van der Waals surface area contributed by atoms with Crippen LogP contribution in [0, 0.1) is 19.7 Å². The number of nitrogens with zero attached hydrogens (tertiary/aromatic N) is 1. The molecule has 0 amide bonds. The van der Waals surface area contributed by atoms with Gasteiger partial charge in [0.2, 0.25) is 0 Å². The molecule has 1 aromatic heterocycles. The van der Waals surface area contributed by atoms with Gasteiger partial charge < -0.3 is 5.32 Å². The third-order valence-corrected chi connectivity index (χ3v) is 4.12. The van der Waals surface area contributed by atoms with Gasteiger partial charge in [0.1, 0.15) is 5.82 Å². The highest BCUT2D eigenvalue weighted by molar-refractivity contribution is 7.11. The summed E-state index contributed by atoms with van der Waals surface area (Å²) in [5.41, 5.74) is 2.19. The van der Waals surface area contributed by atoms with Crippen molar-refractivity contribution >= 4 is 11.3 Å². The van der Waals surface area contributed by atoms with Crippen LogP contribution in [0.4, 0.5) is 4.39 Å². The minimum absolute atomic E-state index is 0.164. The minimum atomic E-state index is -0.199. The largest absolute Gasteiger partial charge is 0.302 e. The Morgan fingerprint density at radius 3 is 2.26 bits per heavy atom. The van der Waals surface area contributed by atoms with E-state index in [2.05, 4.69) is 31.1 Å². The normalized spacial score (nSPS) is 14.4. The zero-order chi connectivity index (χ0) is 14.0. The van der Waals surface area contributed by atoms with Crippen molar-refractivity contribution in [1.82, 2.24) is 10.3 Å². The maximum Gasteiger partial charge on any atom is 0.123 e. The van der Waals surface area contributed by atoms with Crippen LogP contribution < -0.4 is 5.32 Å². The minimum Gasteiger partial charge on any atom is -0.302 e. The third-order valence-electron chi connectivity index (χ3n) is 3.22.